The first-order valence-corrected chi connectivity index (χ1v) is 11.7. The Labute approximate surface area is 173 Å². The summed E-state index contributed by atoms with van der Waals surface area (Å²) in [5.41, 5.74) is 0.600. The Kier molecular flexibility index (Phi) is 6.37. The van der Waals surface area contributed by atoms with Crippen molar-refractivity contribution in [2.45, 2.75) is 30.6 Å². The number of sulfone groups is 1. The average Bonchev–Trinajstić information content (AvgIpc) is 3.11. The Hall–Kier alpha value is -2.27. The predicted octanol–water partition coefficient (Wildman–Crippen LogP) is 1.56. The molecule has 2 heterocycles. The number of methoxy groups -OCH3 is 2. The molecule has 0 radical (unpaired) electrons. The van der Waals surface area contributed by atoms with E-state index < -0.39 is 21.7 Å². The molecule has 1 N–H and O–H groups in total. The van der Waals surface area contributed by atoms with Crippen LogP contribution in [0.15, 0.2) is 23.2 Å². The van der Waals surface area contributed by atoms with Gasteiger partial charge in [0.2, 0.25) is 5.91 Å². The number of hydrogen-bond acceptors (Lipinski definition) is 7. The minimum Gasteiger partial charge on any atom is -0.497 e. The number of rotatable bonds is 7. The molecule has 0 bridgehead atoms. The Balaban J connectivity index is 1.93. The van der Waals surface area contributed by atoms with E-state index in [4.69, 9.17) is 14.6 Å². The SMILES string of the molecule is COc1ccc(N2C(=NC(=O)CCCC(=O)O)S[C@@H]3CS(=O)(=O)C[C@@H]32)c(OC)c1. The number of fused-ring (bicyclic) bond motifs is 1. The minimum absolute atomic E-state index is 0.0115. The molecule has 1 amide bonds. The summed E-state index contributed by atoms with van der Waals surface area (Å²) in [5, 5.41) is 8.88. The summed E-state index contributed by atoms with van der Waals surface area (Å²) in [5.74, 6) is -0.369. The zero-order valence-corrected chi connectivity index (χ0v) is 17.7. The largest absolute Gasteiger partial charge is 0.497 e. The summed E-state index contributed by atoms with van der Waals surface area (Å²) in [6, 6.07) is 4.79. The second kappa shape index (κ2) is 8.62. The molecule has 1 aromatic carbocycles. The molecule has 158 valence electrons. The van der Waals surface area contributed by atoms with Crippen LogP contribution in [-0.4, -0.2) is 67.6 Å². The van der Waals surface area contributed by atoms with E-state index >= 15 is 0 Å². The van der Waals surface area contributed by atoms with Crippen molar-refractivity contribution < 1.29 is 32.6 Å². The predicted molar refractivity (Wildman–Crippen MR) is 110 cm³/mol. The van der Waals surface area contributed by atoms with Crippen LogP contribution in [0.3, 0.4) is 0 Å². The number of thioether (sulfide) groups is 1. The summed E-state index contributed by atoms with van der Waals surface area (Å²) in [6.45, 7) is 0. The van der Waals surface area contributed by atoms with Gasteiger partial charge in [-0.05, 0) is 18.6 Å². The van der Waals surface area contributed by atoms with Gasteiger partial charge in [-0.25, -0.2) is 8.42 Å². The van der Waals surface area contributed by atoms with Gasteiger partial charge < -0.3 is 19.5 Å². The third-order valence-electron chi connectivity index (χ3n) is 4.71. The number of nitrogens with zero attached hydrogens (tertiary/aromatic N) is 2. The van der Waals surface area contributed by atoms with Gasteiger partial charge in [-0.3, -0.25) is 9.59 Å². The molecule has 0 aromatic heterocycles. The number of carboxylic acid groups (broad SMARTS) is 1. The highest BCUT2D eigenvalue weighted by Gasteiger charge is 2.50. The normalized spacial score (nSPS) is 23.8. The highest BCUT2D eigenvalue weighted by molar-refractivity contribution is 8.16. The van der Waals surface area contributed by atoms with Gasteiger partial charge in [-0.1, -0.05) is 11.8 Å². The lowest BCUT2D eigenvalue weighted by atomic mass is 10.2. The van der Waals surface area contributed by atoms with Crippen LogP contribution in [-0.2, 0) is 19.4 Å². The van der Waals surface area contributed by atoms with E-state index in [0.29, 0.717) is 22.4 Å². The maximum Gasteiger partial charge on any atom is 0.303 e. The van der Waals surface area contributed by atoms with Gasteiger partial charge in [-0.2, -0.15) is 4.99 Å². The summed E-state index contributed by atoms with van der Waals surface area (Å²) in [6.07, 6.45) is 0.101. The molecule has 2 fully saturated rings. The van der Waals surface area contributed by atoms with E-state index in [1.807, 2.05) is 0 Å². The number of aliphatic carboxylic acids is 1. The average molecular weight is 443 g/mol. The molecule has 9 nitrogen and oxygen atoms in total. The smallest absolute Gasteiger partial charge is 0.303 e. The zero-order chi connectivity index (χ0) is 21.2. The fourth-order valence-electron chi connectivity index (χ4n) is 3.38. The van der Waals surface area contributed by atoms with Gasteiger partial charge in [0.25, 0.3) is 0 Å². The van der Waals surface area contributed by atoms with Crippen LogP contribution < -0.4 is 14.4 Å². The van der Waals surface area contributed by atoms with Crippen LogP contribution in [0.5, 0.6) is 11.5 Å². The highest BCUT2D eigenvalue weighted by Crippen LogP contribution is 2.44. The number of aliphatic imine (C=N–C) groups is 1. The zero-order valence-electron chi connectivity index (χ0n) is 16.0. The fourth-order valence-corrected chi connectivity index (χ4v) is 7.31. The van der Waals surface area contributed by atoms with Crippen LogP contribution in [0.2, 0.25) is 0 Å². The summed E-state index contributed by atoms with van der Waals surface area (Å²) in [7, 11) is -0.159. The van der Waals surface area contributed by atoms with Crippen molar-refractivity contribution in [2.24, 2.45) is 4.99 Å². The summed E-state index contributed by atoms with van der Waals surface area (Å²) in [4.78, 5) is 28.8. The molecule has 0 saturated carbocycles. The van der Waals surface area contributed by atoms with E-state index in [1.54, 1.807) is 23.1 Å². The van der Waals surface area contributed by atoms with Crippen molar-refractivity contribution in [3.05, 3.63) is 18.2 Å². The number of anilines is 1. The number of amides is 1. The van der Waals surface area contributed by atoms with Crippen molar-refractivity contribution in [1.29, 1.82) is 0 Å². The summed E-state index contributed by atoms with van der Waals surface area (Å²) < 4.78 is 35.0. The lowest BCUT2D eigenvalue weighted by molar-refractivity contribution is -0.137. The molecule has 0 unspecified atom stereocenters. The van der Waals surface area contributed by atoms with E-state index in [1.165, 1.54) is 26.0 Å². The minimum atomic E-state index is -3.19. The fraction of sp³-hybridized carbons (Fsp3) is 0.500. The van der Waals surface area contributed by atoms with E-state index in [9.17, 15) is 18.0 Å². The molecule has 2 saturated heterocycles. The van der Waals surface area contributed by atoms with E-state index in [-0.39, 0.29) is 42.1 Å². The first kappa shape index (κ1) is 21.4. The molecule has 3 rings (SSSR count). The number of amidine groups is 1. The van der Waals surface area contributed by atoms with Gasteiger partial charge >= 0.3 is 5.97 Å². The standard InChI is InChI=1S/C18H22N2O7S2/c1-26-11-6-7-12(14(8-11)27-2)20-13-9-29(24,25)10-15(13)28-18(20)19-16(21)4-3-5-17(22)23/h6-8,13,15H,3-5,9-10H2,1-2H3,(H,22,23)/t13-,15+/m0/s1. The number of hydrogen-bond donors (Lipinski definition) is 1. The van der Waals surface area contributed by atoms with Crippen LogP contribution in [0.25, 0.3) is 0 Å². The topological polar surface area (TPSA) is 123 Å². The maximum atomic E-state index is 12.3. The van der Waals surface area contributed by atoms with Gasteiger partial charge in [0, 0.05) is 24.2 Å². The van der Waals surface area contributed by atoms with E-state index in [0.717, 1.165) is 0 Å². The Morgan fingerprint density at radius 2 is 2.00 bits per heavy atom. The van der Waals surface area contributed by atoms with Crippen molar-refractivity contribution >= 4 is 44.3 Å². The van der Waals surface area contributed by atoms with Crippen LogP contribution in [0.4, 0.5) is 5.69 Å². The second-order valence-corrected chi connectivity index (χ2v) is 10.1. The maximum absolute atomic E-state index is 12.3. The van der Waals surface area contributed by atoms with Crippen molar-refractivity contribution in [3.63, 3.8) is 0 Å². The number of carboxylic acids is 1. The lowest BCUT2D eigenvalue weighted by Crippen LogP contribution is -2.38. The molecular formula is C18H22N2O7S2. The molecule has 2 atom stereocenters. The van der Waals surface area contributed by atoms with Crippen LogP contribution in [0.1, 0.15) is 19.3 Å². The van der Waals surface area contributed by atoms with E-state index in [2.05, 4.69) is 4.99 Å². The monoisotopic (exact) mass is 442 g/mol. The molecule has 0 aliphatic carbocycles. The van der Waals surface area contributed by atoms with Gasteiger partial charge in [-0.15, -0.1) is 0 Å². The number of ether oxygens (including phenoxy) is 2. The Morgan fingerprint density at radius 3 is 2.66 bits per heavy atom. The second-order valence-electron chi connectivity index (χ2n) is 6.74. The molecule has 2 aliphatic heterocycles. The first-order chi connectivity index (χ1) is 13.7. The first-order valence-electron chi connectivity index (χ1n) is 8.95. The summed E-state index contributed by atoms with van der Waals surface area (Å²) >= 11 is 1.26. The third-order valence-corrected chi connectivity index (χ3v) is 7.92. The van der Waals surface area contributed by atoms with Crippen molar-refractivity contribution in [3.8, 4) is 11.5 Å². The molecule has 2 aliphatic rings. The van der Waals surface area contributed by atoms with Crippen LogP contribution >= 0.6 is 11.8 Å². The Morgan fingerprint density at radius 1 is 1.24 bits per heavy atom. The van der Waals surface area contributed by atoms with Gasteiger partial charge in [0.05, 0.1) is 37.5 Å². The van der Waals surface area contributed by atoms with Gasteiger partial charge in [0.15, 0.2) is 15.0 Å². The lowest BCUT2D eigenvalue weighted by Gasteiger charge is -2.26. The number of carbonyl (C=O) groups excluding carboxylic acids is 1. The van der Waals surface area contributed by atoms with Gasteiger partial charge in [0.1, 0.15) is 11.5 Å². The quantitative estimate of drug-likeness (QED) is 0.670. The molecule has 29 heavy (non-hydrogen) atoms. The highest BCUT2D eigenvalue weighted by atomic mass is 32.2. The molecule has 0 spiro atoms. The molecule has 1 aromatic rings. The number of carbonyl (C=O) groups is 2. The van der Waals surface area contributed by atoms with Crippen molar-refractivity contribution in [1.82, 2.24) is 0 Å². The Bertz CT molecular complexity index is 946. The van der Waals surface area contributed by atoms with Crippen LogP contribution in [0, 0.1) is 0 Å². The molecular weight excluding hydrogens is 420 g/mol. The molecule has 11 heteroatoms. The number of benzene rings is 1. The third kappa shape index (κ3) is 4.84. The van der Waals surface area contributed by atoms with Crippen molar-refractivity contribution in [2.75, 3.05) is 30.6 Å².